The molecule has 3 heteroatoms. The minimum Gasteiger partial charge on any atom is -0.475 e. The Morgan fingerprint density at radius 1 is 1.14 bits per heavy atom. The Bertz CT molecular complexity index is 665. The quantitative estimate of drug-likeness (QED) is 0.807. The SMILES string of the molecule is CCOC(=O)[C@@]1(C)Oc2ccccc2[C@H]1Cc1ccccc1. The summed E-state index contributed by atoms with van der Waals surface area (Å²) in [5.74, 6) is 0.427. The maximum atomic E-state index is 12.5. The van der Waals surface area contributed by atoms with E-state index in [0.717, 1.165) is 17.7 Å². The van der Waals surface area contributed by atoms with Crippen molar-refractivity contribution >= 4 is 5.97 Å². The van der Waals surface area contributed by atoms with Gasteiger partial charge in [0, 0.05) is 11.5 Å². The standard InChI is InChI=1S/C19H20O3/c1-3-21-18(20)19(2)16(13-14-9-5-4-6-10-14)15-11-7-8-12-17(15)22-19/h4-12,16H,3,13H2,1-2H3/t16-,19+/m1/s1. The second kappa shape index (κ2) is 5.84. The Labute approximate surface area is 130 Å². The fourth-order valence-corrected chi connectivity index (χ4v) is 3.07. The molecule has 1 heterocycles. The van der Waals surface area contributed by atoms with Crippen LogP contribution in [0.3, 0.4) is 0 Å². The van der Waals surface area contributed by atoms with Gasteiger partial charge in [-0.2, -0.15) is 0 Å². The summed E-state index contributed by atoms with van der Waals surface area (Å²) < 4.78 is 11.3. The van der Waals surface area contributed by atoms with Crippen molar-refractivity contribution in [2.24, 2.45) is 0 Å². The van der Waals surface area contributed by atoms with Crippen molar-refractivity contribution in [3.63, 3.8) is 0 Å². The molecular formula is C19H20O3. The molecule has 0 spiro atoms. The summed E-state index contributed by atoms with van der Waals surface area (Å²) in [7, 11) is 0. The number of para-hydroxylation sites is 1. The zero-order valence-electron chi connectivity index (χ0n) is 12.9. The first-order valence-electron chi connectivity index (χ1n) is 7.64. The fourth-order valence-electron chi connectivity index (χ4n) is 3.07. The predicted molar refractivity (Wildman–Crippen MR) is 85.0 cm³/mol. The molecule has 0 saturated carbocycles. The molecule has 114 valence electrons. The highest BCUT2D eigenvalue weighted by atomic mass is 16.6. The molecule has 0 amide bonds. The molecule has 0 N–H and O–H groups in total. The van der Waals surface area contributed by atoms with Gasteiger partial charge >= 0.3 is 5.97 Å². The summed E-state index contributed by atoms with van der Waals surface area (Å²) in [6.07, 6.45) is 0.743. The Morgan fingerprint density at radius 2 is 1.82 bits per heavy atom. The van der Waals surface area contributed by atoms with Crippen LogP contribution in [0.5, 0.6) is 5.75 Å². The van der Waals surface area contributed by atoms with E-state index in [1.807, 2.05) is 56.3 Å². The molecule has 0 radical (unpaired) electrons. The number of carbonyl (C=O) groups is 1. The number of hydrogen-bond acceptors (Lipinski definition) is 3. The van der Waals surface area contributed by atoms with Crippen molar-refractivity contribution in [3.8, 4) is 5.75 Å². The second-order valence-corrected chi connectivity index (χ2v) is 5.71. The molecule has 2 atom stereocenters. The highest BCUT2D eigenvalue weighted by molar-refractivity contribution is 5.83. The Hall–Kier alpha value is -2.29. The van der Waals surface area contributed by atoms with Gasteiger partial charge in [-0.3, -0.25) is 0 Å². The lowest BCUT2D eigenvalue weighted by Crippen LogP contribution is -2.45. The van der Waals surface area contributed by atoms with E-state index in [4.69, 9.17) is 9.47 Å². The minimum atomic E-state index is -0.977. The molecule has 1 aliphatic heterocycles. The van der Waals surface area contributed by atoms with Crippen LogP contribution >= 0.6 is 0 Å². The van der Waals surface area contributed by atoms with Gasteiger partial charge < -0.3 is 9.47 Å². The summed E-state index contributed by atoms with van der Waals surface area (Å²) in [6, 6.07) is 18.0. The lowest BCUT2D eigenvalue weighted by molar-refractivity contribution is -0.160. The van der Waals surface area contributed by atoms with Crippen molar-refractivity contribution < 1.29 is 14.3 Å². The third kappa shape index (κ3) is 2.47. The zero-order chi connectivity index (χ0) is 15.6. The van der Waals surface area contributed by atoms with Crippen LogP contribution in [-0.2, 0) is 16.0 Å². The van der Waals surface area contributed by atoms with E-state index in [1.165, 1.54) is 5.56 Å². The molecule has 0 unspecified atom stereocenters. The lowest BCUT2D eigenvalue weighted by atomic mass is 9.81. The minimum absolute atomic E-state index is 0.0508. The Kier molecular flexibility index (Phi) is 3.88. The Morgan fingerprint density at radius 3 is 2.55 bits per heavy atom. The van der Waals surface area contributed by atoms with Gasteiger partial charge in [-0.05, 0) is 31.9 Å². The van der Waals surface area contributed by atoms with E-state index in [9.17, 15) is 4.79 Å². The van der Waals surface area contributed by atoms with E-state index in [-0.39, 0.29) is 11.9 Å². The van der Waals surface area contributed by atoms with Crippen molar-refractivity contribution in [2.45, 2.75) is 31.8 Å². The first kappa shape index (κ1) is 14.6. The van der Waals surface area contributed by atoms with Crippen LogP contribution in [0.1, 0.15) is 30.9 Å². The van der Waals surface area contributed by atoms with Gasteiger partial charge in [0.15, 0.2) is 0 Å². The van der Waals surface area contributed by atoms with E-state index in [2.05, 4.69) is 12.1 Å². The molecule has 0 aromatic heterocycles. The van der Waals surface area contributed by atoms with E-state index in [0.29, 0.717) is 6.61 Å². The number of esters is 1. The Balaban J connectivity index is 1.98. The van der Waals surface area contributed by atoms with Crippen LogP contribution < -0.4 is 4.74 Å². The van der Waals surface area contributed by atoms with Crippen LogP contribution in [0, 0.1) is 0 Å². The van der Waals surface area contributed by atoms with Gasteiger partial charge in [0.1, 0.15) is 5.75 Å². The smallest absolute Gasteiger partial charge is 0.350 e. The second-order valence-electron chi connectivity index (χ2n) is 5.71. The van der Waals surface area contributed by atoms with E-state index in [1.54, 1.807) is 0 Å². The number of rotatable bonds is 4. The third-order valence-electron chi connectivity index (χ3n) is 4.24. The summed E-state index contributed by atoms with van der Waals surface area (Å²) >= 11 is 0. The largest absolute Gasteiger partial charge is 0.475 e. The molecule has 3 nitrogen and oxygen atoms in total. The lowest BCUT2D eigenvalue weighted by Gasteiger charge is -2.28. The van der Waals surface area contributed by atoms with Crippen molar-refractivity contribution in [1.82, 2.24) is 0 Å². The van der Waals surface area contributed by atoms with Crippen molar-refractivity contribution in [1.29, 1.82) is 0 Å². The van der Waals surface area contributed by atoms with Gasteiger partial charge in [-0.25, -0.2) is 4.79 Å². The van der Waals surface area contributed by atoms with Gasteiger partial charge in [0.25, 0.3) is 0 Å². The van der Waals surface area contributed by atoms with Crippen LogP contribution in [0.2, 0.25) is 0 Å². The number of carbonyl (C=O) groups excluding carboxylic acids is 1. The van der Waals surface area contributed by atoms with Gasteiger partial charge in [0.05, 0.1) is 6.61 Å². The maximum absolute atomic E-state index is 12.5. The van der Waals surface area contributed by atoms with Crippen molar-refractivity contribution in [3.05, 3.63) is 65.7 Å². The molecule has 2 aromatic carbocycles. The summed E-state index contributed by atoms with van der Waals surface area (Å²) in [6.45, 7) is 4.00. The van der Waals surface area contributed by atoms with Gasteiger partial charge in [-0.1, -0.05) is 48.5 Å². The fraction of sp³-hybridized carbons (Fsp3) is 0.316. The number of ether oxygens (including phenoxy) is 2. The zero-order valence-corrected chi connectivity index (χ0v) is 12.9. The number of hydrogen-bond donors (Lipinski definition) is 0. The van der Waals surface area contributed by atoms with E-state index >= 15 is 0 Å². The van der Waals surface area contributed by atoms with E-state index < -0.39 is 5.60 Å². The molecule has 0 aliphatic carbocycles. The summed E-state index contributed by atoms with van der Waals surface area (Å²) in [5, 5.41) is 0. The average Bonchev–Trinajstić information content (AvgIpc) is 2.82. The highest BCUT2D eigenvalue weighted by Crippen LogP contribution is 2.46. The predicted octanol–water partition coefficient (Wildman–Crippen LogP) is 3.73. The molecule has 0 saturated heterocycles. The summed E-state index contributed by atoms with van der Waals surface area (Å²) in [4.78, 5) is 12.5. The topological polar surface area (TPSA) is 35.5 Å². The normalized spacial score (nSPS) is 22.7. The first-order chi connectivity index (χ1) is 10.6. The van der Waals surface area contributed by atoms with Crippen LogP contribution in [0.25, 0.3) is 0 Å². The average molecular weight is 296 g/mol. The molecule has 2 aromatic rings. The summed E-state index contributed by atoms with van der Waals surface area (Å²) in [5.41, 5.74) is 1.28. The molecule has 22 heavy (non-hydrogen) atoms. The maximum Gasteiger partial charge on any atom is 0.350 e. The highest BCUT2D eigenvalue weighted by Gasteiger charge is 2.51. The first-order valence-corrected chi connectivity index (χ1v) is 7.64. The van der Waals surface area contributed by atoms with Crippen molar-refractivity contribution in [2.75, 3.05) is 6.61 Å². The van der Waals surface area contributed by atoms with Crippen LogP contribution in [0.4, 0.5) is 0 Å². The molecule has 0 bridgehead atoms. The molecule has 3 rings (SSSR count). The third-order valence-corrected chi connectivity index (χ3v) is 4.24. The van der Waals surface area contributed by atoms with Crippen LogP contribution in [-0.4, -0.2) is 18.2 Å². The molecular weight excluding hydrogens is 276 g/mol. The number of benzene rings is 2. The van der Waals surface area contributed by atoms with Gasteiger partial charge in [-0.15, -0.1) is 0 Å². The molecule has 1 aliphatic rings. The number of fused-ring (bicyclic) bond motifs is 1. The molecule has 0 fully saturated rings. The van der Waals surface area contributed by atoms with Gasteiger partial charge in [0.2, 0.25) is 5.60 Å². The van der Waals surface area contributed by atoms with Crippen LogP contribution in [0.15, 0.2) is 54.6 Å². The monoisotopic (exact) mass is 296 g/mol.